The van der Waals surface area contributed by atoms with Crippen molar-refractivity contribution >= 4 is 12.1 Å². The van der Waals surface area contributed by atoms with Gasteiger partial charge in [-0.3, -0.25) is 4.79 Å². The van der Waals surface area contributed by atoms with Crippen molar-refractivity contribution in [3.8, 4) is 0 Å². The van der Waals surface area contributed by atoms with Crippen LogP contribution >= 0.6 is 0 Å². The molecular weight excluding hydrogens is 258 g/mol. The standard InChI is InChI=1S/C19H21NO/c1-16-8-7-11-18(14-16)20(15-21)19(12-5-6-13-19)17-9-3-2-4-10-17/h2-4,7-11,14-15H,5-6,12-13H2,1H3. The van der Waals surface area contributed by atoms with Crippen molar-refractivity contribution < 1.29 is 4.79 Å². The Hall–Kier alpha value is -2.09. The van der Waals surface area contributed by atoms with Gasteiger partial charge in [0.05, 0.1) is 5.54 Å². The van der Waals surface area contributed by atoms with Crippen LogP contribution in [0.3, 0.4) is 0 Å². The highest BCUT2D eigenvalue weighted by molar-refractivity contribution is 5.78. The highest BCUT2D eigenvalue weighted by atomic mass is 16.1. The van der Waals surface area contributed by atoms with Crippen LogP contribution in [0.15, 0.2) is 54.6 Å². The average Bonchev–Trinajstić information content (AvgIpc) is 3.00. The summed E-state index contributed by atoms with van der Waals surface area (Å²) in [5.74, 6) is 0. The van der Waals surface area contributed by atoms with Crippen molar-refractivity contribution in [2.24, 2.45) is 0 Å². The zero-order chi connectivity index (χ0) is 14.7. The number of hydrogen-bond donors (Lipinski definition) is 0. The minimum atomic E-state index is -0.184. The fraction of sp³-hybridized carbons (Fsp3) is 0.316. The second kappa shape index (κ2) is 5.72. The van der Waals surface area contributed by atoms with Gasteiger partial charge in [-0.1, -0.05) is 55.3 Å². The van der Waals surface area contributed by atoms with Crippen LogP contribution in [0.2, 0.25) is 0 Å². The molecule has 2 aromatic carbocycles. The molecule has 1 saturated carbocycles. The minimum Gasteiger partial charge on any atom is -0.305 e. The van der Waals surface area contributed by atoms with E-state index in [9.17, 15) is 4.79 Å². The SMILES string of the molecule is Cc1cccc(N(C=O)C2(c3ccccc3)CCCC2)c1. The van der Waals surface area contributed by atoms with Crippen LogP contribution in [-0.4, -0.2) is 6.41 Å². The van der Waals surface area contributed by atoms with Crippen LogP contribution in [0.5, 0.6) is 0 Å². The van der Waals surface area contributed by atoms with Crippen molar-refractivity contribution in [1.82, 2.24) is 0 Å². The molecule has 108 valence electrons. The van der Waals surface area contributed by atoms with Gasteiger partial charge in [-0.25, -0.2) is 0 Å². The van der Waals surface area contributed by atoms with E-state index >= 15 is 0 Å². The molecule has 1 aliphatic rings. The molecule has 2 aromatic rings. The van der Waals surface area contributed by atoms with Crippen LogP contribution in [0.25, 0.3) is 0 Å². The molecule has 0 aliphatic heterocycles. The molecule has 1 aliphatic carbocycles. The Morgan fingerprint density at radius 2 is 1.71 bits per heavy atom. The number of nitrogens with zero attached hydrogens (tertiary/aromatic N) is 1. The minimum absolute atomic E-state index is 0.184. The number of aryl methyl sites for hydroxylation is 1. The Morgan fingerprint density at radius 3 is 2.33 bits per heavy atom. The summed E-state index contributed by atoms with van der Waals surface area (Å²) in [5.41, 5.74) is 3.24. The Morgan fingerprint density at radius 1 is 1.00 bits per heavy atom. The van der Waals surface area contributed by atoms with Crippen molar-refractivity contribution in [1.29, 1.82) is 0 Å². The zero-order valence-electron chi connectivity index (χ0n) is 12.5. The molecule has 2 nitrogen and oxygen atoms in total. The second-order valence-corrected chi connectivity index (χ2v) is 5.92. The molecule has 0 bridgehead atoms. The van der Waals surface area contributed by atoms with E-state index in [-0.39, 0.29) is 5.54 Å². The van der Waals surface area contributed by atoms with Crippen LogP contribution < -0.4 is 4.90 Å². The van der Waals surface area contributed by atoms with Gasteiger partial charge in [-0.15, -0.1) is 0 Å². The first kappa shape index (κ1) is 13.9. The van der Waals surface area contributed by atoms with E-state index in [1.54, 1.807) is 0 Å². The topological polar surface area (TPSA) is 20.3 Å². The van der Waals surface area contributed by atoms with E-state index < -0.39 is 0 Å². The number of rotatable bonds is 4. The average molecular weight is 279 g/mol. The Kier molecular flexibility index (Phi) is 3.78. The molecule has 0 spiro atoms. The maximum atomic E-state index is 11.9. The summed E-state index contributed by atoms with van der Waals surface area (Å²) in [6.45, 7) is 2.07. The summed E-state index contributed by atoms with van der Waals surface area (Å²) in [6, 6.07) is 18.7. The third-order valence-electron chi connectivity index (χ3n) is 4.59. The number of benzene rings is 2. The lowest BCUT2D eigenvalue weighted by Gasteiger charge is -2.39. The first-order valence-electron chi connectivity index (χ1n) is 7.63. The Labute approximate surface area is 126 Å². The lowest BCUT2D eigenvalue weighted by atomic mass is 9.86. The molecule has 1 amide bonds. The quantitative estimate of drug-likeness (QED) is 0.758. The summed E-state index contributed by atoms with van der Waals surface area (Å²) in [5, 5.41) is 0. The van der Waals surface area contributed by atoms with Crippen molar-refractivity contribution in [2.75, 3.05) is 4.90 Å². The van der Waals surface area contributed by atoms with Crippen LogP contribution in [0.1, 0.15) is 36.8 Å². The molecule has 0 aromatic heterocycles. The molecule has 21 heavy (non-hydrogen) atoms. The molecule has 3 rings (SSSR count). The molecular formula is C19H21NO. The molecule has 0 radical (unpaired) electrons. The van der Waals surface area contributed by atoms with Gasteiger partial charge >= 0.3 is 0 Å². The zero-order valence-corrected chi connectivity index (χ0v) is 12.5. The van der Waals surface area contributed by atoms with Gasteiger partial charge in [0.1, 0.15) is 0 Å². The van der Waals surface area contributed by atoms with Gasteiger partial charge < -0.3 is 4.90 Å². The third-order valence-corrected chi connectivity index (χ3v) is 4.59. The maximum absolute atomic E-state index is 11.9. The lowest BCUT2D eigenvalue weighted by molar-refractivity contribution is -0.108. The monoisotopic (exact) mass is 279 g/mol. The fourth-order valence-corrected chi connectivity index (χ4v) is 3.56. The molecule has 0 saturated heterocycles. The van der Waals surface area contributed by atoms with E-state index in [2.05, 4.69) is 43.3 Å². The van der Waals surface area contributed by atoms with E-state index in [1.165, 1.54) is 24.0 Å². The molecule has 2 heteroatoms. The van der Waals surface area contributed by atoms with Gasteiger partial charge in [0.15, 0.2) is 0 Å². The molecule has 0 atom stereocenters. The van der Waals surface area contributed by atoms with Crippen LogP contribution in [-0.2, 0) is 10.3 Å². The van der Waals surface area contributed by atoms with Gasteiger partial charge in [0.25, 0.3) is 0 Å². The number of carbonyl (C=O) groups is 1. The van der Waals surface area contributed by atoms with E-state index in [0.29, 0.717) is 0 Å². The fourth-order valence-electron chi connectivity index (χ4n) is 3.56. The normalized spacial score (nSPS) is 16.6. The summed E-state index contributed by atoms with van der Waals surface area (Å²) >= 11 is 0. The van der Waals surface area contributed by atoms with Crippen molar-refractivity contribution in [3.05, 3.63) is 65.7 Å². The predicted octanol–water partition coefficient (Wildman–Crippen LogP) is 4.43. The highest BCUT2D eigenvalue weighted by Crippen LogP contribution is 2.45. The van der Waals surface area contributed by atoms with E-state index in [1.807, 2.05) is 23.1 Å². The van der Waals surface area contributed by atoms with Crippen molar-refractivity contribution in [3.63, 3.8) is 0 Å². The Bertz CT molecular complexity index is 614. The molecule has 0 N–H and O–H groups in total. The van der Waals surface area contributed by atoms with Crippen LogP contribution in [0, 0.1) is 6.92 Å². The molecule has 1 fully saturated rings. The highest BCUT2D eigenvalue weighted by Gasteiger charge is 2.41. The summed E-state index contributed by atoms with van der Waals surface area (Å²) in [7, 11) is 0. The largest absolute Gasteiger partial charge is 0.305 e. The first-order valence-corrected chi connectivity index (χ1v) is 7.63. The van der Waals surface area contributed by atoms with Gasteiger partial charge in [0.2, 0.25) is 6.41 Å². The number of hydrogen-bond acceptors (Lipinski definition) is 1. The van der Waals surface area contributed by atoms with E-state index in [0.717, 1.165) is 24.9 Å². The number of carbonyl (C=O) groups excluding carboxylic acids is 1. The Balaban J connectivity index is 2.09. The summed E-state index contributed by atoms with van der Waals surface area (Å²) < 4.78 is 0. The lowest BCUT2D eigenvalue weighted by Crippen LogP contribution is -2.43. The maximum Gasteiger partial charge on any atom is 0.214 e. The first-order chi connectivity index (χ1) is 10.3. The van der Waals surface area contributed by atoms with Crippen LogP contribution in [0.4, 0.5) is 5.69 Å². The van der Waals surface area contributed by atoms with Gasteiger partial charge in [0, 0.05) is 5.69 Å². The van der Waals surface area contributed by atoms with Crippen molar-refractivity contribution in [2.45, 2.75) is 38.1 Å². The third kappa shape index (κ3) is 2.46. The van der Waals surface area contributed by atoms with E-state index in [4.69, 9.17) is 0 Å². The number of amides is 1. The predicted molar refractivity (Wildman–Crippen MR) is 86.3 cm³/mol. The van der Waals surface area contributed by atoms with Gasteiger partial charge in [-0.05, 0) is 43.0 Å². The smallest absolute Gasteiger partial charge is 0.214 e. The summed E-state index contributed by atoms with van der Waals surface area (Å²) in [6.07, 6.45) is 5.41. The molecule has 0 heterocycles. The van der Waals surface area contributed by atoms with Gasteiger partial charge in [-0.2, -0.15) is 0 Å². The molecule has 0 unspecified atom stereocenters. The summed E-state index contributed by atoms with van der Waals surface area (Å²) in [4.78, 5) is 13.9. The number of anilines is 1. The second-order valence-electron chi connectivity index (χ2n) is 5.92.